The number of hydrogen-bond acceptors (Lipinski definition) is 10. The lowest BCUT2D eigenvalue weighted by Crippen LogP contribution is -2.39. The number of nitrogens with zero attached hydrogens (tertiary/aromatic N) is 3. The highest BCUT2D eigenvalue weighted by atomic mass is 35.5. The second-order valence-corrected chi connectivity index (χ2v) is 16.4. The van der Waals surface area contributed by atoms with Crippen LogP contribution in [-0.2, 0) is 31.6 Å². The molecular weight excluding hydrogens is 723 g/mol. The van der Waals surface area contributed by atoms with Crippen LogP contribution in [0.1, 0.15) is 104 Å². The van der Waals surface area contributed by atoms with Gasteiger partial charge in [-0.3, -0.25) is 19.1 Å². The van der Waals surface area contributed by atoms with Gasteiger partial charge < -0.3 is 10.1 Å². The first kappa shape index (κ1) is 37.6. The molecule has 52 heavy (non-hydrogen) atoms. The van der Waals surface area contributed by atoms with Gasteiger partial charge in [0.1, 0.15) is 11.6 Å². The average Bonchev–Trinajstić information content (AvgIpc) is 3.94. The minimum Gasteiger partial charge on any atom is -0.454 e. The number of carbonyl (C=O) groups excluding carboxylic acids is 3. The Labute approximate surface area is 304 Å². The molecule has 0 radical (unpaired) electrons. The van der Waals surface area contributed by atoms with E-state index in [4.69, 9.17) is 16.3 Å². The van der Waals surface area contributed by atoms with Gasteiger partial charge in [-0.2, -0.15) is 28.1 Å². The van der Waals surface area contributed by atoms with Crippen LogP contribution < -0.4 is 14.8 Å². The molecule has 1 amide bonds. The van der Waals surface area contributed by atoms with E-state index in [-0.39, 0.29) is 49.0 Å². The van der Waals surface area contributed by atoms with Crippen molar-refractivity contribution in [3.05, 3.63) is 76.1 Å². The summed E-state index contributed by atoms with van der Waals surface area (Å²) in [5.74, 6) is -0.468. The van der Waals surface area contributed by atoms with Crippen LogP contribution in [0.5, 0.6) is 6.01 Å². The molecule has 3 saturated carbocycles. The van der Waals surface area contributed by atoms with E-state index in [2.05, 4.69) is 25.0 Å². The number of aromatic nitrogens is 3. The van der Waals surface area contributed by atoms with Crippen molar-refractivity contribution in [1.29, 1.82) is 0 Å². The number of anilines is 1. The van der Waals surface area contributed by atoms with Crippen molar-refractivity contribution >= 4 is 45.0 Å². The molecule has 6 rings (SSSR count). The zero-order chi connectivity index (χ0) is 37.1. The Morgan fingerprint density at radius 2 is 1.56 bits per heavy atom. The molecule has 2 aromatic carbocycles. The summed E-state index contributed by atoms with van der Waals surface area (Å²) in [5.41, 5.74) is 0.762. The zero-order valence-corrected chi connectivity index (χ0v) is 29.9. The smallest absolute Gasteiger partial charge is 0.422 e. The van der Waals surface area contributed by atoms with Crippen molar-refractivity contribution in [3.63, 3.8) is 0 Å². The maximum atomic E-state index is 12.9. The van der Waals surface area contributed by atoms with E-state index < -0.39 is 50.9 Å². The van der Waals surface area contributed by atoms with Crippen LogP contribution >= 0.6 is 11.6 Å². The molecule has 3 aromatic rings. The minimum absolute atomic E-state index is 0.0265. The molecule has 0 bridgehead atoms. The molecule has 3 aliphatic rings. The number of hydrogen-bond donors (Lipinski definition) is 2. The third-order valence-electron chi connectivity index (χ3n) is 9.59. The second-order valence-electron chi connectivity index (χ2n) is 14.0. The van der Waals surface area contributed by atoms with Crippen LogP contribution in [0.25, 0.3) is 0 Å². The number of amides is 1. The molecule has 278 valence electrons. The largest absolute Gasteiger partial charge is 0.454 e. The lowest BCUT2D eigenvalue weighted by atomic mass is 9.95. The van der Waals surface area contributed by atoms with Gasteiger partial charge in [0.05, 0.1) is 16.2 Å². The van der Waals surface area contributed by atoms with Gasteiger partial charge in [0, 0.05) is 36.3 Å². The van der Waals surface area contributed by atoms with Gasteiger partial charge in [-0.25, -0.2) is 8.42 Å². The van der Waals surface area contributed by atoms with E-state index in [0.717, 1.165) is 24.0 Å². The summed E-state index contributed by atoms with van der Waals surface area (Å²) >= 11 is 6.04. The van der Waals surface area contributed by atoms with Gasteiger partial charge in [0.25, 0.3) is 0 Å². The Balaban J connectivity index is 0.980. The first-order valence-corrected chi connectivity index (χ1v) is 19.2. The molecule has 3 aliphatic carbocycles. The Morgan fingerprint density at radius 3 is 2.17 bits per heavy atom. The highest BCUT2D eigenvalue weighted by Crippen LogP contribution is 2.50. The Kier molecular flexibility index (Phi) is 10.9. The minimum atomic E-state index is -4.58. The number of ether oxygens (including phenoxy) is 1. The molecule has 0 unspecified atom stereocenters. The first-order valence-electron chi connectivity index (χ1n) is 17.3. The molecule has 0 aliphatic heterocycles. The van der Waals surface area contributed by atoms with Gasteiger partial charge in [0.15, 0.2) is 12.4 Å². The van der Waals surface area contributed by atoms with E-state index in [1.807, 2.05) is 12.1 Å². The van der Waals surface area contributed by atoms with E-state index in [1.165, 1.54) is 0 Å². The molecule has 1 heterocycles. The van der Waals surface area contributed by atoms with Gasteiger partial charge >= 0.3 is 12.2 Å². The van der Waals surface area contributed by atoms with E-state index in [0.29, 0.717) is 55.5 Å². The van der Waals surface area contributed by atoms with Crippen molar-refractivity contribution in [1.82, 2.24) is 19.7 Å². The van der Waals surface area contributed by atoms with Crippen molar-refractivity contribution in [3.8, 4) is 6.01 Å². The number of ketones is 2. The molecule has 11 nitrogen and oxygen atoms in total. The summed E-state index contributed by atoms with van der Waals surface area (Å²) in [5, 5.41) is 3.33. The topological polar surface area (TPSA) is 157 Å². The van der Waals surface area contributed by atoms with Gasteiger partial charge in [0.2, 0.25) is 21.9 Å². The molecule has 3 fully saturated rings. The normalized spacial score (nSPS) is 17.2. The molecular formula is C36H39ClF3N5O6S. The fourth-order valence-electron chi connectivity index (χ4n) is 6.06. The second kappa shape index (κ2) is 15.1. The number of rotatable bonds is 19. The number of alkyl halides is 3. The summed E-state index contributed by atoms with van der Waals surface area (Å²) in [6, 6.07) is 13.6. The molecule has 0 saturated heterocycles. The quantitative estimate of drug-likeness (QED) is 0.100. The van der Waals surface area contributed by atoms with Crippen molar-refractivity contribution in [2.24, 2.45) is 5.41 Å². The fourth-order valence-corrected chi connectivity index (χ4v) is 7.58. The number of Topliss-reactive ketones (excluding diaryl/α,β-unsaturated/α-hetero) is 2. The number of nitrogens with one attached hydrogen (secondary N) is 2. The molecule has 2 N–H and O–H groups in total. The number of carbonyl (C=O) groups is 3. The highest BCUT2D eigenvalue weighted by molar-refractivity contribution is 7.90. The first-order chi connectivity index (χ1) is 24.6. The van der Waals surface area contributed by atoms with Crippen molar-refractivity contribution in [2.75, 3.05) is 11.9 Å². The van der Waals surface area contributed by atoms with Crippen molar-refractivity contribution < 1.29 is 40.7 Å². The van der Waals surface area contributed by atoms with Crippen LogP contribution in [0, 0.1) is 5.41 Å². The molecule has 0 atom stereocenters. The van der Waals surface area contributed by atoms with Gasteiger partial charge in [-0.05, 0) is 74.6 Å². The van der Waals surface area contributed by atoms with Crippen LogP contribution in [-0.4, -0.2) is 58.9 Å². The number of unbranched alkanes of at least 4 members (excludes halogenated alkanes) is 2. The van der Waals surface area contributed by atoms with Crippen molar-refractivity contribution in [2.45, 2.75) is 100 Å². The van der Waals surface area contributed by atoms with Crippen LogP contribution in [0.15, 0.2) is 48.5 Å². The monoisotopic (exact) mass is 761 g/mol. The lowest BCUT2D eigenvalue weighted by Gasteiger charge is -2.19. The summed E-state index contributed by atoms with van der Waals surface area (Å²) in [7, 11) is -3.65. The predicted molar refractivity (Wildman–Crippen MR) is 185 cm³/mol. The average molecular weight is 762 g/mol. The summed E-state index contributed by atoms with van der Waals surface area (Å²) in [4.78, 5) is 50.7. The summed E-state index contributed by atoms with van der Waals surface area (Å²) < 4.78 is 70.1. The van der Waals surface area contributed by atoms with E-state index >= 15 is 0 Å². The van der Waals surface area contributed by atoms with Gasteiger partial charge in [-0.15, -0.1) is 0 Å². The van der Waals surface area contributed by atoms with E-state index in [1.54, 1.807) is 36.4 Å². The maximum Gasteiger partial charge on any atom is 0.422 e. The predicted octanol–water partition coefficient (Wildman–Crippen LogP) is 6.64. The van der Waals surface area contributed by atoms with Crippen LogP contribution in [0.4, 0.5) is 19.1 Å². The summed E-state index contributed by atoms with van der Waals surface area (Å²) in [6.45, 7) is -1.56. The van der Waals surface area contributed by atoms with E-state index in [9.17, 15) is 36.0 Å². The Bertz CT molecular complexity index is 1910. The number of sulfonamides is 1. The number of benzene rings is 2. The third-order valence-corrected chi connectivity index (χ3v) is 11.7. The zero-order valence-electron chi connectivity index (χ0n) is 28.3. The molecule has 1 aromatic heterocycles. The molecule has 0 spiro atoms. The van der Waals surface area contributed by atoms with Crippen LogP contribution in [0.2, 0.25) is 5.02 Å². The third kappa shape index (κ3) is 10.1. The standard InChI is InChI=1S/C36H39ClF3N5O6S/c37-26-12-10-25(11-13-26)35(18-19-35)44-32-41-30(42-33(43-32)51-22-36(38,39)40)20-23-6-8-24(9-7-23)29(47)5-3-1-2-4-27(46)21-34(16-17-34)31(48)45-52(49,50)28-14-15-28/h6-13,28H,1-5,14-22H2,(H,45,48)(H,41,42,43,44). The van der Waals surface area contributed by atoms with Gasteiger partial charge in [-0.1, -0.05) is 54.4 Å². The molecule has 16 heteroatoms. The maximum absolute atomic E-state index is 12.9. The van der Waals surface area contributed by atoms with Crippen LogP contribution in [0.3, 0.4) is 0 Å². The Morgan fingerprint density at radius 1 is 0.885 bits per heavy atom. The summed E-state index contributed by atoms with van der Waals surface area (Å²) in [6.07, 6.45) is 1.50. The number of halogens is 4. The lowest BCUT2D eigenvalue weighted by molar-refractivity contribution is -0.154. The Hall–Kier alpha value is -4.11. The fraction of sp³-hybridized carbons (Fsp3) is 0.500. The highest BCUT2D eigenvalue weighted by Gasteiger charge is 2.53. The SMILES string of the molecule is O=C(CCCCCC(=O)c1ccc(Cc2nc(NC3(c4ccc(Cl)cc4)CC3)nc(OCC(F)(F)F)n2)cc1)CC1(C(=O)NS(=O)(=O)C2CC2)CC1.